The highest BCUT2D eigenvalue weighted by atomic mass is 31.2. The summed E-state index contributed by atoms with van der Waals surface area (Å²) in [5, 5.41) is 0. The van der Waals surface area contributed by atoms with Gasteiger partial charge in [-0.2, -0.15) is 0 Å². The average Bonchev–Trinajstić information content (AvgIpc) is 2.46. The summed E-state index contributed by atoms with van der Waals surface area (Å²) in [6, 6.07) is 0. The van der Waals surface area contributed by atoms with Gasteiger partial charge in [-0.1, -0.05) is 13.0 Å². The summed E-state index contributed by atoms with van der Waals surface area (Å²) >= 11 is 0. The summed E-state index contributed by atoms with van der Waals surface area (Å²) in [5.41, 5.74) is 0.524. The monoisotopic (exact) mass is 320 g/mol. The van der Waals surface area contributed by atoms with Gasteiger partial charge in [-0.3, -0.25) is 9.36 Å². The molecule has 0 fully saturated rings. The number of ketones is 1. The number of carbonyl (C=O) groups is 2. The maximum Gasteiger partial charge on any atom is 0.337 e. The third-order valence-corrected chi connectivity index (χ3v) is 4.91. The highest BCUT2D eigenvalue weighted by molar-refractivity contribution is 7.54. The fourth-order valence-corrected chi connectivity index (χ4v) is 2.69. The summed E-state index contributed by atoms with van der Waals surface area (Å²) in [7, 11) is -0.791. The topological polar surface area (TPSA) is 78.9 Å². The van der Waals surface area contributed by atoms with Gasteiger partial charge in [0.05, 0.1) is 6.61 Å². The van der Waals surface area contributed by atoms with E-state index in [1.54, 1.807) is 26.8 Å². The second kappa shape index (κ2) is 9.87. The van der Waals surface area contributed by atoms with Crippen molar-refractivity contribution in [3.8, 4) is 0 Å². The molecule has 0 saturated carbocycles. The van der Waals surface area contributed by atoms with Gasteiger partial charge in [0.15, 0.2) is 0 Å². The number of esters is 1. The van der Waals surface area contributed by atoms with Gasteiger partial charge >= 0.3 is 13.6 Å². The van der Waals surface area contributed by atoms with Gasteiger partial charge in [-0.05, 0) is 26.7 Å². The molecule has 0 rings (SSSR count). The minimum atomic E-state index is -3.31. The van der Waals surface area contributed by atoms with E-state index in [4.69, 9.17) is 13.8 Å². The van der Waals surface area contributed by atoms with Crippen LogP contribution in [0.3, 0.4) is 0 Å². The first-order chi connectivity index (χ1) is 9.79. The Labute approximate surface area is 126 Å². The molecule has 6 nitrogen and oxygen atoms in total. The van der Waals surface area contributed by atoms with Gasteiger partial charge in [0, 0.05) is 25.7 Å². The van der Waals surface area contributed by atoms with Crippen LogP contribution in [0.2, 0.25) is 0 Å². The van der Waals surface area contributed by atoms with Gasteiger partial charge < -0.3 is 13.8 Å². The number of allylic oxidation sites excluding steroid dienone is 1. The van der Waals surface area contributed by atoms with Crippen molar-refractivity contribution in [2.24, 2.45) is 5.92 Å². The van der Waals surface area contributed by atoms with Crippen molar-refractivity contribution in [1.29, 1.82) is 0 Å². The van der Waals surface area contributed by atoms with E-state index in [0.29, 0.717) is 25.0 Å². The van der Waals surface area contributed by atoms with Gasteiger partial charge in [-0.15, -0.1) is 0 Å². The van der Waals surface area contributed by atoms with E-state index in [1.807, 2.05) is 0 Å². The van der Waals surface area contributed by atoms with Gasteiger partial charge in [0.2, 0.25) is 0 Å². The normalized spacial score (nSPS) is 13.9. The third kappa shape index (κ3) is 7.55. The van der Waals surface area contributed by atoms with Crippen LogP contribution in [0.25, 0.3) is 0 Å². The molecule has 21 heavy (non-hydrogen) atoms. The molecule has 0 aromatic carbocycles. The van der Waals surface area contributed by atoms with Crippen molar-refractivity contribution in [3.05, 3.63) is 11.6 Å². The van der Waals surface area contributed by atoms with Crippen LogP contribution in [0.1, 0.15) is 33.6 Å². The molecule has 0 heterocycles. The van der Waals surface area contributed by atoms with E-state index < -0.39 is 7.60 Å². The quantitative estimate of drug-likeness (QED) is 0.350. The summed E-state index contributed by atoms with van der Waals surface area (Å²) in [5.74, 6) is -0.807. The number of rotatable bonds is 10. The van der Waals surface area contributed by atoms with Crippen molar-refractivity contribution < 1.29 is 27.9 Å². The molecule has 0 radical (unpaired) electrons. The lowest BCUT2D eigenvalue weighted by atomic mass is 10.0. The smallest absolute Gasteiger partial charge is 0.337 e. The minimum Gasteiger partial charge on any atom is -0.463 e. The molecule has 0 spiro atoms. The fraction of sp³-hybridized carbons (Fsp3) is 0.714. The molecule has 0 saturated heterocycles. The number of hydrogen-bond donors (Lipinski definition) is 0. The highest BCUT2D eigenvalue weighted by Crippen LogP contribution is 2.46. The molecular weight excluding hydrogens is 295 g/mol. The fourth-order valence-electron chi connectivity index (χ4n) is 1.59. The molecule has 0 aliphatic carbocycles. The Morgan fingerprint density at radius 1 is 1.24 bits per heavy atom. The van der Waals surface area contributed by atoms with E-state index in [-0.39, 0.29) is 23.8 Å². The zero-order valence-electron chi connectivity index (χ0n) is 13.4. The average molecular weight is 320 g/mol. The summed E-state index contributed by atoms with van der Waals surface area (Å²) in [6.45, 7) is 5.51. The number of carbonyl (C=O) groups excluding carboxylic acids is 2. The van der Waals surface area contributed by atoms with Crippen molar-refractivity contribution in [1.82, 2.24) is 0 Å². The van der Waals surface area contributed by atoms with E-state index >= 15 is 0 Å². The van der Waals surface area contributed by atoms with Gasteiger partial charge in [0.1, 0.15) is 11.9 Å². The molecule has 0 aromatic rings. The van der Waals surface area contributed by atoms with E-state index in [9.17, 15) is 14.2 Å². The Morgan fingerprint density at radius 3 is 2.29 bits per heavy atom. The molecule has 0 amide bonds. The van der Waals surface area contributed by atoms with E-state index in [1.165, 1.54) is 14.2 Å². The summed E-state index contributed by atoms with van der Waals surface area (Å²) < 4.78 is 26.2. The number of hydrogen-bond acceptors (Lipinski definition) is 6. The summed E-state index contributed by atoms with van der Waals surface area (Å²) in [6.07, 6.45) is 2.64. The van der Waals surface area contributed by atoms with Gasteiger partial charge in [0.25, 0.3) is 0 Å². The van der Waals surface area contributed by atoms with Gasteiger partial charge in [-0.25, -0.2) is 4.79 Å². The Kier molecular flexibility index (Phi) is 9.42. The van der Waals surface area contributed by atoms with Crippen LogP contribution < -0.4 is 0 Å². The molecule has 0 aromatic heterocycles. The number of ether oxygens (including phenoxy) is 1. The Bertz CT molecular complexity index is 421. The minimum absolute atomic E-state index is 0.177. The molecular formula is C14H25O6P. The molecule has 0 unspecified atom stereocenters. The molecule has 0 N–H and O–H groups in total. The molecule has 0 aliphatic heterocycles. The van der Waals surface area contributed by atoms with E-state index in [2.05, 4.69) is 0 Å². The lowest BCUT2D eigenvalue weighted by Gasteiger charge is -2.15. The second-order valence-corrected chi connectivity index (χ2v) is 6.95. The number of Topliss-reactive ketones (excluding diaryl/α,β-unsaturated/α-hetero) is 1. The van der Waals surface area contributed by atoms with Crippen LogP contribution in [-0.4, -0.2) is 38.7 Å². The lowest BCUT2D eigenvalue weighted by molar-refractivity contribution is -0.138. The largest absolute Gasteiger partial charge is 0.463 e. The predicted octanol–water partition coefficient (Wildman–Crippen LogP) is 2.97. The van der Waals surface area contributed by atoms with Crippen molar-refractivity contribution in [2.75, 3.05) is 27.0 Å². The maximum atomic E-state index is 11.9. The predicted molar refractivity (Wildman–Crippen MR) is 80.3 cm³/mol. The molecule has 0 aliphatic rings. The standard InChI is InChI=1S/C14H25O6P/c1-6-20-14(16)12(3)9-7-8-11(2)13(15)10-21(17,18-4)19-5/h9,11H,6-8,10H2,1-5H3/b12-9+/t11-/m0/s1. The second-order valence-electron chi connectivity index (χ2n) is 4.69. The molecule has 0 bridgehead atoms. The van der Waals surface area contributed by atoms with Crippen LogP contribution in [0.15, 0.2) is 11.6 Å². The Morgan fingerprint density at radius 2 is 1.81 bits per heavy atom. The third-order valence-electron chi connectivity index (χ3n) is 3.10. The zero-order chi connectivity index (χ0) is 16.5. The Hall–Kier alpha value is -0.970. The Balaban J connectivity index is 4.35. The van der Waals surface area contributed by atoms with Crippen LogP contribution in [0.5, 0.6) is 0 Å². The van der Waals surface area contributed by atoms with Crippen LogP contribution in [0, 0.1) is 5.92 Å². The summed E-state index contributed by atoms with van der Waals surface area (Å²) in [4.78, 5) is 23.3. The van der Waals surface area contributed by atoms with Crippen molar-refractivity contribution in [3.63, 3.8) is 0 Å². The van der Waals surface area contributed by atoms with Crippen molar-refractivity contribution in [2.45, 2.75) is 33.6 Å². The SMILES string of the molecule is CCOC(=O)/C(C)=C/CC[C@H](C)C(=O)CP(=O)(OC)OC. The van der Waals surface area contributed by atoms with E-state index in [0.717, 1.165) is 0 Å². The first-order valence-corrected chi connectivity index (χ1v) is 8.59. The maximum absolute atomic E-state index is 11.9. The zero-order valence-corrected chi connectivity index (χ0v) is 14.3. The highest BCUT2D eigenvalue weighted by Gasteiger charge is 2.27. The molecule has 1 atom stereocenters. The molecule has 122 valence electrons. The van der Waals surface area contributed by atoms with Crippen LogP contribution >= 0.6 is 7.60 Å². The first kappa shape index (κ1) is 20.0. The van der Waals surface area contributed by atoms with Crippen LogP contribution in [-0.2, 0) is 27.9 Å². The lowest BCUT2D eigenvalue weighted by Crippen LogP contribution is -2.16. The van der Waals surface area contributed by atoms with Crippen molar-refractivity contribution >= 4 is 19.3 Å². The first-order valence-electron chi connectivity index (χ1n) is 6.86. The molecule has 7 heteroatoms. The van der Waals surface area contributed by atoms with Crippen LogP contribution in [0.4, 0.5) is 0 Å².